The monoisotopic (exact) mass is 432 g/mol. The van der Waals surface area contributed by atoms with E-state index in [2.05, 4.69) is 11.4 Å². The molecule has 0 aliphatic rings. The molecule has 33 heavy (non-hydrogen) atoms. The highest BCUT2D eigenvalue weighted by Gasteiger charge is 2.15. The fraction of sp³-hybridized carbons (Fsp3) is 0.103. The zero-order valence-electron chi connectivity index (χ0n) is 18.4. The Morgan fingerprint density at radius 2 is 1.67 bits per heavy atom. The van der Waals surface area contributed by atoms with E-state index in [0.29, 0.717) is 23.6 Å². The molecular weight excluding hydrogens is 408 g/mol. The van der Waals surface area contributed by atoms with Crippen molar-refractivity contribution in [3.63, 3.8) is 0 Å². The summed E-state index contributed by atoms with van der Waals surface area (Å²) in [4.78, 5) is 13.0. The molecule has 162 valence electrons. The number of nitriles is 1. The zero-order chi connectivity index (χ0) is 23.0. The van der Waals surface area contributed by atoms with Crippen molar-refractivity contribution in [3.8, 4) is 11.8 Å². The molecule has 0 atom stereocenters. The molecule has 0 heterocycles. The maximum Gasteiger partial charge on any atom is 0.266 e. The van der Waals surface area contributed by atoms with Crippen LogP contribution < -0.4 is 10.1 Å². The van der Waals surface area contributed by atoms with Gasteiger partial charge < -0.3 is 10.1 Å². The number of carbonyl (C=O) groups excluding carboxylic acids is 1. The number of carbonyl (C=O) groups is 1. The van der Waals surface area contributed by atoms with Crippen molar-refractivity contribution in [2.24, 2.45) is 0 Å². The standard InChI is InChI=1S/C29H24N2O2/c1-2-22-12-7-9-15-27(22)31-29(32)24(19-30)18-26-25-14-8-6-13-23(25)16-17-28(26)33-20-21-10-4-3-5-11-21/h3-18H,2,20H2,1H3,(H,31,32)/b24-18+. The first-order valence-electron chi connectivity index (χ1n) is 10.9. The molecule has 0 saturated heterocycles. The number of aryl methyl sites for hydroxylation is 1. The van der Waals surface area contributed by atoms with E-state index in [1.54, 1.807) is 6.08 Å². The normalized spacial score (nSPS) is 11.1. The van der Waals surface area contributed by atoms with E-state index in [9.17, 15) is 10.1 Å². The van der Waals surface area contributed by atoms with Gasteiger partial charge in [0.05, 0.1) is 0 Å². The molecule has 4 rings (SSSR count). The Labute approximate surface area is 193 Å². The van der Waals surface area contributed by atoms with Crippen LogP contribution in [0.5, 0.6) is 5.75 Å². The van der Waals surface area contributed by atoms with Crippen molar-refractivity contribution in [1.82, 2.24) is 0 Å². The molecule has 1 amide bonds. The van der Waals surface area contributed by atoms with Gasteiger partial charge in [0.15, 0.2) is 0 Å². The van der Waals surface area contributed by atoms with Gasteiger partial charge in [0.1, 0.15) is 24.0 Å². The molecule has 4 aromatic rings. The summed E-state index contributed by atoms with van der Waals surface area (Å²) in [6, 6.07) is 31.3. The topological polar surface area (TPSA) is 62.1 Å². The SMILES string of the molecule is CCc1ccccc1NC(=O)/C(C#N)=C/c1c(OCc2ccccc2)ccc2ccccc12. The van der Waals surface area contributed by atoms with E-state index in [0.717, 1.165) is 28.3 Å². The Kier molecular flexibility index (Phi) is 6.82. The average molecular weight is 433 g/mol. The first-order chi connectivity index (χ1) is 16.2. The Balaban J connectivity index is 1.71. The second-order valence-electron chi connectivity index (χ2n) is 7.61. The quantitative estimate of drug-likeness (QED) is 0.267. The van der Waals surface area contributed by atoms with Crippen molar-refractivity contribution in [2.75, 3.05) is 5.32 Å². The van der Waals surface area contributed by atoms with Gasteiger partial charge in [-0.15, -0.1) is 0 Å². The second kappa shape index (κ2) is 10.3. The Morgan fingerprint density at radius 3 is 2.45 bits per heavy atom. The number of anilines is 1. The third kappa shape index (κ3) is 5.11. The average Bonchev–Trinajstić information content (AvgIpc) is 2.87. The fourth-order valence-electron chi connectivity index (χ4n) is 3.72. The molecule has 0 aliphatic carbocycles. The van der Waals surface area contributed by atoms with Crippen LogP contribution >= 0.6 is 0 Å². The molecule has 0 aromatic heterocycles. The van der Waals surface area contributed by atoms with Crippen molar-refractivity contribution < 1.29 is 9.53 Å². The van der Waals surface area contributed by atoms with Crippen molar-refractivity contribution in [3.05, 3.63) is 113 Å². The smallest absolute Gasteiger partial charge is 0.266 e. The van der Waals surface area contributed by atoms with Gasteiger partial charge in [-0.2, -0.15) is 5.26 Å². The van der Waals surface area contributed by atoms with E-state index in [1.165, 1.54) is 0 Å². The number of fused-ring (bicyclic) bond motifs is 1. The maximum absolute atomic E-state index is 13.0. The lowest BCUT2D eigenvalue weighted by atomic mass is 10.0. The van der Waals surface area contributed by atoms with Gasteiger partial charge in [0, 0.05) is 11.3 Å². The minimum Gasteiger partial charge on any atom is -0.488 e. The predicted molar refractivity (Wildman–Crippen MR) is 133 cm³/mol. The summed E-state index contributed by atoms with van der Waals surface area (Å²) in [7, 11) is 0. The van der Waals surface area contributed by atoms with E-state index in [1.807, 2.05) is 97.9 Å². The highest BCUT2D eigenvalue weighted by molar-refractivity contribution is 6.11. The lowest BCUT2D eigenvalue weighted by Crippen LogP contribution is -2.14. The molecule has 0 radical (unpaired) electrons. The molecule has 0 unspecified atom stereocenters. The van der Waals surface area contributed by atoms with Crippen LogP contribution in [0.4, 0.5) is 5.69 Å². The third-order valence-electron chi connectivity index (χ3n) is 5.47. The number of amides is 1. The van der Waals surface area contributed by atoms with Gasteiger partial charge in [-0.3, -0.25) is 4.79 Å². The number of rotatable bonds is 7. The van der Waals surface area contributed by atoms with Crippen LogP contribution in [0.15, 0.2) is 96.6 Å². The highest BCUT2D eigenvalue weighted by Crippen LogP contribution is 2.31. The molecular formula is C29H24N2O2. The molecule has 0 bridgehead atoms. The van der Waals surface area contributed by atoms with Gasteiger partial charge in [-0.05, 0) is 46.5 Å². The van der Waals surface area contributed by atoms with Crippen LogP contribution in [0, 0.1) is 11.3 Å². The van der Waals surface area contributed by atoms with E-state index < -0.39 is 5.91 Å². The summed E-state index contributed by atoms with van der Waals surface area (Å²) in [5.41, 5.74) is 3.49. The van der Waals surface area contributed by atoms with Gasteiger partial charge in [0.2, 0.25) is 0 Å². The molecule has 0 spiro atoms. The number of hydrogen-bond acceptors (Lipinski definition) is 3. The minimum atomic E-state index is -0.444. The maximum atomic E-state index is 13.0. The van der Waals surface area contributed by atoms with Crippen LogP contribution in [0.3, 0.4) is 0 Å². The summed E-state index contributed by atoms with van der Waals surface area (Å²) in [5, 5.41) is 14.6. The van der Waals surface area contributed by atoms with Crippen molar-refractivity contribution in [1.29, 1.82) is 5.26 Å². The molecule has 0 fully saturated rings. The highest BCUT2D eigenvalue weighted by atomic mass is 16.5. The first kappa shape index (κ1) is 21.9. The van der Waals surface area contributed by atoms with Gasteiger partial charge >= 0.3 is 0 Å². The summed E-state index contributed by atoms with van der Waals surface area (Å²) in [6.07, 6.45) is 2.40. The Bertz CT molecular complexity index is 1350. The Morgan fingerprint density at radius 1 is 0.939 bits per heavy atom. The minimum absolute atomic E-state index is 0.0156. The zero-order valence-corrected chi connectivity index (χ0v) is 18.4. The molecule has 1 N–H and O–H groups in total. The van der Waals surface area contributed by atoms with Crippen LogP contribution in [-0.2, 0) is 17.8 Å². The molecule has 0 saturated carbocycles. The lowest BCUT2D eigenvalue weighted by Gasteiger charge is -2.13. The number of para-hydroxylation sites is 1. The molecule has 4 aromatic carbocycles. The predicted octanol–water partition coefficient (Wildman–Crippen LogP) is 6.53. The van der Waals surface area contributed by atoms with Gasteiger partial charge in [-0.1, -0.05) is 85.8 Å². The Hall–Kier alpha value is -4.36. The first-order valence-corrected chi connectivity index (χ1v) is 10.9. The summed E-state index contributed by atoms with van der Waals surface area (Å²) in [5.74, 6) is 0.174. The number of nitrogens with zero attached hydrogens (tertiary/aromatic N) is 1. The number of benzene rings is 4. The number of hydrogen-bond donors (Lipinski definition) is 1. The lowest BCUT2D eigenvalue weighted by molar-refractivity contribution is -0.112. The van der Waals surface area contributed by atoms with Crippen LogP contribution in [0.1, 0.15) is 23.6 Å². The van der Waals surface area contributed by atoms with Crippen molar-refractivity contribution in [2.45, 2.75) is 20.0 Å². The van der Waals surface area contributed by atoms with Crippen LogP contribution in [0.2, 0.25) is 0 Å². The van der Waals surface area contributed by atoms with E-state index in [4.69, 9.17) is 4.74 Å². The summed E-state index contributed by atoms with van der Waals surface area (Å²) < 4.78 is 6.13. The van der Waals surface area contributed by atoms with Gasteiger partial charge in [0.25, 0.3) is 5.91 Å². The van der Waals surface area contributed by atoms with E-state index >= 15 is 0 Å². The molecule has 4 heteroatoms. The number of nitrogens with one attached hydrogen (secondary N) is 1. The largest absolute Gasteiger partial charge is 0.488 e. The molecule has 0 aliphatic heterocycles. The summed E-state index contributed by atoms with van der Waals surface area (Å²) >= 11 is 0. The second-order valence-corrected chi connectivity index (χ2v) is 7.61. The molecule has 4 nitrogen and oxygen atoms in total. The third-order valence-corrected chi connectivity index (χ3v) is 5.47. The number of ether oxygens (including phenoxy) is 1. The van der Waals surface area contributed by atoms with Crippen molar-refractivity contribution >= 4 is 28.4 Å². The van der Waals surface area contributed by atoms with Crippen LogP contribution in [0.25, 0.3) is 16.8 Å². The summed E-state index contributed by atoms with van der Waals surface area (Å²) in [6.45, 7) is 2.41. The fourth-order valence-corrected chi connectivity index (χ4v) is 3.72. The van der Waals surface area contributed by atoms with Crippen LogP contribution in [-0.4, -0.2) is 5.91 Å². The van der Waals surface area contributed by atoms with E-state index in [-0.39, 0.29) is 5.57 Å². The van der Waals surface area contributed by atoms with Gasteiger partial charge in [-0.25, -0.2) is 0 Å².